The molecule has 0 aliphatic carbocycles. The zero-order valence-electron chi connectivity index (χ0n) is 12.5. The topological polar surface area (TPSA) is 40.6 Å². The summed E-state index contributed by atoms with van der Waals surface area (Å²) < 4.78 is 0. The van der Waals surface area contributed by atoms with Crippen LogP contribution in [0, 0.1) is 0 Å². The summed E-state index contributed by atoms with van der Waals surface area (Å²) in [5.41, 5.74) is 2.58. The molecule has 1 aromatic carbocycles. The lowest BCUT2D eigenvalue weighted by atomic mass is 9.98. The molecule has 2 aliphatic heterocycles. The van der Waals surface area contributed by atoms with E-state index in [0.29, 0.717) is 13.0 Å². The van der Waals surface area contributed by atoms with E-state index >= 15 is 0 Å². The maximum absolute atomic E-state index is 12.8. The van der Waals surface area contributed by atoms with E-state index in [9.17, 15) is 9.59 Å². The molecule has 4 heteroatoms. The zero-order chi connectivity index (χ0) is 14.8. The number of likely N-dealkylation sites (N-methyl/N-ethyl adjacent to an activating group) is 1. The summed E-state index contributed by atoms with van der Waals surface area (Å²) in [6, 6.07) is 8.03. The van der Waals surface area contributed by atoms with Crippen LogP contribution >= 0.6 is 0 Å². The third-order valence-corrected chi connectivity index (χ3v) is 4.71. The summed E-state index contributed by atoms with van der Waals surface area (Å²) in [7, 11) is 1.77. The maximum atomic E-state index is 12.8. The Kier molecular flexibility index (Phi) is 3.95. The predicted molar refractivity (Wildman–Crippen MR) is 80.6 cm³/mol. The summed E-state index contributed by atoms with van der Waals surface area (Å²) in [4.78, 5) is 28.4. The highest BCUT2D eigenvalue weighted by atomic mass is 16.2. The van der Waals surface area contributed by atoms with Gasteiger partial charge in [-0.1, -0.05) is 30.7 Å². The van der Waals surface area contributed by atoms with E-state index in [4.69, 9.17) is 0 Å². The molecule has 0 aromatic heterocycles. The van der Waals surface area contributed by atoms with Crippen molar-refractivity contribution < 1.29 is 9.59 Å². The second kappa shape index (κ2) is 5.88. The fourth-order valence-corrected chi connectivity index (χ4v) is 3.34. The van der Waals surface area contributed by atoms with Crippen LogP contribution in [0.2, 0.25) is 0 Å². The van der Waals surface area contributed by atoms with Crippen molar-refractivity contribution in [3.05, 3.63) is 35.4 Å². The molecule has 0 radical (unpaired) electrons. The molecule has 21 heavy (non-hydrogen) atoms. The highest BCUT2D eigenvalue weighted by Crippen LogP contribution is 2.23. The number of carbonyl (C=O) groups is 2. The first-order valence-electron chi connectivity index (χ1n) is 7.78. The van der Waals surface area contributed by atoms with Crippen LogP contribution in [-0.2, 0) is 22.6 Å². The van der Waals surface area contributed by atoms with E-state index in [1.807, 2.05) is 17.0 Å². The first kappa shape index (κ1) is 14.1. The van der Waals surface area contributed by atoms with Crippen molar-refractivity contribution in [2.75, 3.05) is 13.6 Å². The van der Waals surface area contributed by atoms with Crippen LogP contribution in [0.15, 0.2) is 24.3 Å². The Morgan fingerprint density at radius 3 is 2.71 bits per heavy atom. The van der Waals surface area contributed by atoms with E-state index < -0.39 is 0 Å². The Bertz CT molecular complexity index is 555. The lowest BCUT2D eigenvalue weighted by Gasteiger charge is -2.34. The van der Waals surface area contributed by atoms with Gasteiger partial charge in [0.15, 0.2) is 0 Å². The maximum Gasteiger partial charge on any atom is 0.245 e. The van der Waals surface area contributed by atoms with Crippen LogP contribution in [-0.4, -0.2) is 41.2 Å². The molecule has 2 heterocycles. The molecule has 2 amide bonds. The Balaban J connectivity index is 1.75. The van der Waals surface area contributed by atoms with Crippen LogP contribution in [0.1, 0.15) is 36.8 Å². The number of hydrogen-bond donors (Lipinski definition) is 0. The van der Waals surface area contributed by atoms with Crippen LogP contribution in [0.25, 0.3) is 0 Å². The van der Waals surface area contributed by atoms with Gasteiger partial charge in [0.25, 0.3) is 0 Å². The average Bonchev–Trinajstić information content (AvgIpc) is 2.68. The van der Waals surface area contributed by atoms with Crippen molar-refractivity contribution in [2.45, 2.75) is 44.7 Å². The number of hydrogen-bond acceptors (Lipinski definition) is 2. The number of likely N-dealkylation sites (tertiary alicyclic amines) is 1. The summed E-state index contributed by atoms with van der Waals surface area (Å²) in [6.45, 7) is 1.43. The van der Waals surface area contributed by atoms with Gasteiger partial charge in [0.1, 0.15) is 6.04 Å². The molecular weight excluding hydrogens is 264 g/mol. The molecule has 1 unspecified atom stereocenters. The lowest BCUT2D eigenvalue weighted by Crippen LogP contribution is -2.49. The lowest BCUT2D eigenvalue weighted by molar-refractivity contribution is -0.144. The molecule has 4 nitrogen and oxygen atoms in total. The predicted octanol–water partition coefficient (Wildman–Crippen LogP) is 1.97. The molecule has 0 N–H and O–H groups in total. The van der Waals surface area contributed by atoms with Gasteiger partial charge in [-0.15, -0.1) is 0 Å². The standard InChI is InChI=1S/C17H22N2O2/c1-18-15(8-4-5-9-16(18)20)17(21)19-11-10-13-6-2-3-7-14(13)12-19/h2-3,6-7,15H,4-5,8-12H2,1H3. The molecule has 1 aromatic rings. The minimum Gasteiger partial charge on any atom is -0.336 e. The summed E-state index contributed by atoms with van der Waals surface area (Å²) in [5, 5.41) is 0. The van der Waals surface area contributed by atoms with Gasteiger partial charge >= 0.3 is 0 Å². The van der Waals surface area contributed by atoms with E-state index in [0.717, 1.165) is 32.2 Å². The van der Waals surface area contributed by atoms with Crippen LogP contribution in [0.3, 0.4) is 0 Å². The second-order valence-corrected chi connectivity index (χ2v) is 6.04. The van der Waals surface area contributed by atoms with Crippen LogP contribution < -0.4 is 0 Å². The molecule has 1 atom stereocenters. The van der Waals surface area contributed by atoms with E-state index in [2.05, 4.69) is 12.1 Å². The molecule has 3 rings (SSSR count). The van der Waals surface area contributed by atoms with Crippen molar-refractivity contribution in [2.24, 2.45) is 0 Å². The SMILES string of the molecule is CN1C(=O)CCCCC1C(=O)N1CCc2ccccc2C1. The van der Waals surface area contributed by atoms with Crippen molar-refractivity contribution in [3.63, 3.8) is 0 Å². The molecule has 1 fully saturated rings. The first-order chi connectivity index (χ1) is 10.2. The van der Waals surface area contributed by atoms with Gasteiger partial charge in [0.2, 0.25) is 11.8 Å². The largest absolute Gasteiger partial charge is 0.336 e. The van der Waals surface area contributed by atoms with E-state index in [1.54, 1.807) is 11.9 Å². The minimum absolute atomic E-state index is 0.100. The first-order valence-corrected chi connectivity index (χ1v) is 7.78. The van der Waals surface area contributed by atoms with Gasteiger partial charge in [0, 0.05) is 26.6 Å². The Hall–Kier alpha value is -1.84. The summed E-state index contributed by atoms with van der Waals surface area (Å²) in [5.74, 6) is 0.213. The smallest absolute Gasteiger partial charge is 0.245 e. The number of amides is 2. The van der Waals surface area contributed by atoms with E-state index in [1.165, 1.54) is 11.1 Å². The second-order valence-electron chi connectivity index (χ2n) is 6.04. The van der Waals surface area contributed by atoms with Gasteiger partial charge in [-0.3, -0.25) is 9.59 Å². The highest BCUT2D eigenvalue weighted by molar-refractivity contribution is 5.88. The molecular formula is C17H22N2O2. The highest BCUT2D eigenvalue weighted by Gasteiger charge is 2.33. The van der Waals surface area contributed by atoms with Crippen molar-refractivity contribution in [1.82, 2.24) is 9.80 Å². The number of benzene rings is 1. The minimum atomic E-state index is -0.273. The van der Waals surface area contributed by atoms with Gasteiger partial charge < -0.3 is 9.80 Å². The molecule has 2 aliphatic rings. The fourth-order valence-electron chi connectivity index (χ4n) is 3.34. The van der Waals surface area contributed by atoms with Crippen molar-refractivity contribution >= 4 is 11.8 Å². The quantitative estimate of drug-likeness (QED) is 0.792. The van der Waals surface area contributed by atoms with Gasteiger partial charge in [-0.2, -0.15) is 0 Å². The van der Waals surface area contributed by atoms with Crippen molar-refractivity contribution in [1.29, 1.82) is 0 Å². The molecule has 112 valence electrons. The summed E-state index contributed by atoms with van der Waals surface area (Å²) >= 11 is 0. The van der Waals surface area contributed by atoms with E-state index in [-0.39, 0.29) is 17.9 Å². The number of fused-ring (bicyclic) bond motifs is 1. The fraction of sp³-hybridized carbons (Fsp3) is 0.529. The molecule has 0 spiro atoms. The monoisotopic (exact) mass is 286 g/mol. The van der Waals surface area contributed by atoms with Gasteiger partial charge in [-0.05, 0) is 30.4 Å². The zero-order valence-corrected chi connectivity index (χ0v) is 12.5. The summed E-state index contributed by atoms with van der Waals surface area (Å²) in [6.07, 6.45) is 4.13. The number of nitrogens with zero attached hydrogens (tertiary/aromatic N) is 2. The molecule has 0 bridgehead atoms. The Morgan fingerprint density at radius 1 is 1.14 bits per heavy atom. The third kappa shape index (κ3) is 2.80. The Labute approximate surface area is 125 Å². The molecule has 1 saturated heterocycles. The number of carbonyl (C=O) groups excluding carboxylic acids is 2. The van der Waals surface area contributed by atoms with Crippen LogP contribution in [0.5, 0.6) is 0 Å². The normalized spacial score (nSPS) is 22.7. The number of rotatable bonds is 1. The third-order valence-electron chi connectivity index (χ3n) is 4.71. The van der Waals surface area contributed by atoms with Gasteiger partial charge in [0.05, 0.1) is 0 Å². The van der Waals surface area contributed by atoms with Crippen molar-refractivity contribution in [3.8, 4) is 0 Å². The Morgan fingerprint density at radius 2 is 1.90 bits per heavy atom. The molecule has 0 saturated carbocycles. The van der Waals surface area contributed by atoms with Crippen LogP contribution in [0.4, 0.5) is 0 Å². The average molecular weight is 286 g/mol. The van der Waals surface area contributed by atoms with Gasteiger partial charge in [-0.25, -0.2) is 0 Å².